The van der Waals surface area contributed by atoms with Crippen LogP contribution in [0, 0.1) is 5.82 Å². The van der Waals surface area contributed by atoms with E-state index in [1.54, 1.807) is 47.1 Å². The maximum absolute atomic E-state index is 13.4. The Balaban J connectivity index is 1.72. The Morgan fingerprint density at radius 1 is 0.972 bits per heavy atom. The lowest BCUT2D eigenvalue weighted by molar-refractivity contribution is 0.102. The van der Waals surface area contributed by atoms with Gasteiger partial charge >= 0.3 is 0 Å². The topological polar surface area (TPSA) is 101 Å². The smallest absolute Gasteiger partial charge is 0.276 e. The molecule has 5 aromatic rings. The summed E-state index contributed by atoms with van der Waals surface area (Å²) < 4.78 is 14.9. The van der Waals surface area contributed by atoms with Crippen molar-refractivity contribution in [3.05, 3.63) is 105 Å². The average molecular weight is 543 g/mol. The molecule has 0 aliphatic rings. The number of aromatic amines is 1. The van der Waals surface area contributed by atoms with Crippen LogP contribution in [0.1, 0.15) is 21.9 Å². The third kappa shape index (κ3) is 4.94. The van der Waals surface area contributed by atoms with E-state index in [0.29, 0.717) is 43.5 Å². The van der Waals surface area contributed by atoms with Crippen molar-refractivity contribution < 1.29 is 9.18 Å². The number of hydrogen-bond donors (Lipinski definition) is 2. The van der Waals surface area contributed by atoms with Crippen LogP contribution in [0.3, 0.4) is 0 Å². The molecule has 0 saturated heterocycles. The molecular weight excluding hydrogens is 528 g/mol. The fraction of sp³-hybridized carbons (Fsp3) is 0.0417. The van der Waals surface area contributed by atoms with Crippen molar-refractivity contribution in [2.45, 2.75) is 6.42 Å². The quantitative estimate of drug-likeness (QED) is 0.274. The number of carbonyl (C=O) groups excluding carboxylic acids is 1. The molecule has 36 heavy (non-hydrogen) atoms. The molecule has 2 heterocycles. The molecule has 0 radical (unpaired) electrons. The molecule has 2 aromatic heterocycles. The van der Waals surface area contributed by atoms with E-state index in [-0.39, 0.29) is 12.1 Å². The largest absolute Gasteiger partial charge is 0.321 e. The number of nitrogens with one attached hydrogen (secondary N) is 2. The van der Waals surface area contributed by atoms with Gasteiger partial charge in [-0.2, -0.15) is 10.3 Å². The van der Waals surface area contributed by atoms with E-state index in [4.69, 9.17) is 34.8 Å². The molecule has 0 fully saturated rings. The summed E-state index contributed by atoms with van der Waals surface area (Å²) in [5.41, 5.74) is 2.81. The molecule has 0 aliphatic heterocycles. The van der Waals surface area contributed by atoms with E-state index in [1.807, 2.05) is 0 Å². The van der Waals surface area contributed by atoms with Crippen LogP contribution >= 0.6 is 34.8 Å². The molecule has 0 aliphatic carbocycles. The zero-order valence-corrected chi connectivity index (χ0v) is 20.5. The van der Waals surface area contributed by atoms with Crippen molar-refractivity contribution in [3.63, 3.8) is 0 Å². The normalized spacial score (nSPS) is 11.0. The molecule has 0 spiro atoms. The summed E-state index contributed by atoms with van der Waals surface area (Å²) in [5, 5.41) is 22.9. The number of benzene rings is 3. The third-order valence-electron chi connectivity index (χ3n) is 5.28. The number of carbonyl (C=O) groups is 1. The lowest BCUT2D eigenvalue weighted by Crippen LogP contribution is -2.15. The van der Waals surface area contributed by atoms with E-state index in [0.717, 1.165) is 5.56 Å². The van der Waals surface area contributed by atoms with Gasteiger partial charge in [-0.1, -0.05) is 52.1 Å². The summed E-state index contributed by atoms with van der Waals surface area (Å²) in [4.78, 5) is 13.4. The van der Waals surface area contributed by atoms with Crippen LogP contribution < -0.4 is 5.32 Å². The highest BCUT2D eigenvalue weighted by Crippen LogP contribution is 2.34. The van der Waals surface area contributed by atoms with Crippen molar-refractivity contribution in [2.75, 3.05) is 5.32 Å². The maximum Gasteiger partial charge on any atom is 0.276 e. The summed E-state index contributed by atoms with van der Waals surface area (Å²) in [6.07, 6.45) is 0.131. The highest BCUT2D eigenvalue weighted by molar-refractivity contribution is 6.35. The number of rotatable bonds is 6. The fourth-order valence-corrected chi connectivity index (χ4v) is 4.29. The van der Waals surface area contributed by atoms with Crippen LogP contribution in [-0.2, 0) is 6.42 Å². The molecule has 2 N–H and O–H groups in total. The highest BCUT2D eigenvalue weighted by atomic mass is 35.5. The zero-order chi connectivity index (χ0) is 25.2. The minimum atomic E-state index is -0.515. The molecule has 0 bridgehead atoms. The second-order valence-electron chi connectivity index (χ2n) is 7.66. The predicted octanol–water partition coefficient (Wildman–Crippen LogP) is 5.99. The summed E-state index contributed by atoms with van der Waals surface area (Å²) >= 11 is 18.8. The van der Waals surface area contributed by atoms with Gasteiger partial charge in [-0.15, -0.1) is 10.2 Å². The van der Waals surface area contributed by atoms with Crippen LogP contribution in [-0.4, -0.2) is 36.3 Å². The first kappa shape index (κ1) is 23.9. The molecule has 5 rings (SSSR count). The van der Waals surface area contributed by atoms with Gasteiger partial charge in [-0.3, -0.25) is 4.79 Å². The monoisotopic (exact) mass is 541 g/mol. The number of nitrogens with zero attached hydrogens (tertiary/aromatic N) is 5. The van der Waals surface area contributed by atoms with Crippen LogP contribution in [0.4, 0.5) is 10.1 Å². The number of aromatic nitrogens is 6. The number of amides is 1. The first-order valence-corrected chi connectivity index (χ1v) is 11.6. The Morgan fingerprint density at radius 3 is 2.36 bits per heavy atom. The van der Waals surface area contributed by atoms with Crippen LogP contribution in [0.15, 0.2) is 66.7 Å². The Kier molecular flexibility index (Phi) is 6.69. The van der Waals surface area contributed by atoms with Crippen LogP contribution in [0.25, 0.3) is 16.9 Å². The van der Waals surface area contributed by atoms with Crippen molar-refractivity contribution in [2.24, 2.45) is 0 Å². The van der Waals surface area contributed by atoms with Gasteiger partial charge in [-0.05, 0) is 54.6 Å². The highest BCUT2D eigenvalue weighted by Gasteiger charge is 2.27. The molecule has 0 unspecified atom stereocenters. The van der Waals surface area contributed by atoms with Gasteiger partial charge in [0.1, 0.15) is 5.82 Å². The van der Waals surface area contributed by atoms with Gasteiger partial charge in [0.25, 0.3) is 5.91 Å². The first-order chi connectivity index (χ1) is 17.4. The predicted molar refractivity (Wildman–Crippen MR) is 135 cm³/mol. The molecule has 8 nitrogen and oxygen atoms in total. The maximum atomic E-state index is 13.4. The number of halogens is 4. The minimum Gasteiger partial charge on any atom is -0.321 e. The summed E-state index contributed by atoms with van der Waals surface area (Å²) in [7, 11) is 0. The number of tetrazole rings is 1. The summed E-state index contributed by atoms with van der Waals surface area (Å²) in [6.45, 7) is 0. The summed E-state index contributed by atoms with van der Waals surface area (Å²) in [6, 6.07) is 17.5. The lowest BCUT2D eigenvalue weighted by Gasteiger charge is -2.11. The molecule has 1 amide bonds. The van der Waals surface area contributed by atoms with Crippen molar-refractivity contribution in [3.8, 4) is 16.9 Å². The second kappa shape index (κ2) is 10.1. The second-order valence-corrected chi connectivity index (χ2v) is 8.94. The Labute approximate surface area is 219 Å². The molecular formula is C24H15Cl3FN7O. The van der Waals surface area contributed by atoms with Gasteiger partial charge in [0.2, 0.25) is 0 Å². The lowest BCUT2D eigenvalue weighted by atomic mass is 10.0. The van der Waals surface area contributed by atoms with E-state index < -0.39 is 11.7 Å². The molecule has 180 valence electrons. The minimum absolute atomic E-state index is 0.0973. The van der Waals surface area contributed by atoms with Crippen LogP contribution in [0.5, 0.6) is 0 Å². The molecule has 0 saturated carbocycles. The Morgan fingerprint density at radius 2 is 1.69 bits per heavy atom. The Bertz CT molecular complexity index is 1540. The van der Waals surface area contributed by atoms with Crippen LogP contribution in [0.2, 0.25) is 15.1 Å². The van der Waals surface area contributed by atoms with E-state index >= 15 is 0 Å². The van der Waals surface area contributed by atoms with E-state index in [2.05, 4.69) is 31.0 Å². The van der Waals surface area contributed by atoms with Gasteiger partial charge < -0.3 is 5.32 Å². The van der Waals surface area contributed by atoms with Crippen molar-refractivity contribution in [1.29, 1.82) is 0 Å². The molecule has 12 heteroatoms. The standard InChI is InChI=1S/C24H15Cl3FN7O/c25-14-3-1-13(2-4-14)23-18(12-21-30-33-34-31-21)22(24(36)29-17-8-6-16(28)7-9-17)32-35(23)20-10-5-15(26)11-19(20)27/h1-11H,12H2,(H,29,36)(H,30,31,33,34). The van der Waals surface area contributed by atoms with Gasteiger partial charge in [-0.25, -0.2) is 9.07 Å². The number of H-pyrrole nitrogens is 1. The molecule has 0 atom stereocenters. The number of hydrogen-bond acceptors (Lipinski definition) is 5. The zero-order valence-electron chi connectivity index (χ0n) is 18.2. The number of anilines is 1. The Hall–Kier alpha value is -3.79. The van der Waals surface area contributed by atoms with Gasteiger partial charge in [0.15, 0.2) is 11.5 Å². The van der Waals surface area contributed by atoms with Gasteiger partial charge in [0.05, 0.1) is 16.4 Å². The fourth-order valence-electron chi connectivity index (χ4n) is 3.67. The SMILES string of the molecule is O=C(Nc1ccc(F)cc1)c1nn(-c2ccc(Cl)cc2Cl)c(-c2ccc(Cl)cc2)c1Cc1nn[nH]n1. The third-order valence-corrected chi connectivity index (χ3v) is 6.07. The van der Waals surface area contributed by atoms with E-state index in [1.165, 1.54) is 24.3 Å². The van der Waals surface area contributed by atoms with E-state index in [9.17, 15) is 9.18 Å². The van der Waals surface area contributed by atoms with Crippen molar-refractivity contribution in [1.82, 2.24) is 30.4 Å². The average Bonchev–Trinajstić information content (AvgIpc) is 3.50. The summed E-state index contributed by atoms with van der Waals surface area (Å²) in [5.74, 6) is -0.584. The van der Waals surface area contributed by atoms with Crippen molar-refractivity contribution >= 4 is 46.4 Å². The first-order valence-electron chi connectivity index (χ1n) is 10.5. The molecule has 3 aromatic carbocycles. The van der Waals surface area contributed by atoms with Gasteiger partial charge in [0, 0.05) is 33.3 Å².